The molecule has 0 atom stereocenters. The number of hydrogen-bond acceptors (Lipinski definition) is 5. The molecule has 0 amide bonds. The van der Waals surface area contributed by atoms with Gasteiger partial charge in [0, 0.05) is 44.9 Å². The van der Waals surface area contributed by atoms with Gasteiger partial charge in [0.05, 0.1) is 14.6 Å². The number of para-hydroxylation sites is 4. The first kappa shape index (κ1) is 31.5. The van der Waals surface area contributed by atoms with Gasteiger partial charge in [-0.25, -0.2) is 0 Å². The van der Waals surface area contributed by atoms with Crippen molar-refractivity contribution in [2.45, 2.75) is 0 Å². The Morgan fingerprint density at radius 3 is 1.33 bits per heavy atom. The van der Waals surface area contributed by atoms with Gasteiger partial charge in [0.15, 0.2) is 6.29 Å². The van der Waals surface area contributed by atoms with Crippen molar-refractivity contribution in [3.8, 4) is 11.8 Å². The van der Waals surface area contributed by atoms with Crippen LogP contribution in [0, 0.1) is 11.8 Å². The second-order valence-corrected chi connectivity index (χ2v) is 14.4. The number of anilines is 6. The van der Waals surface area contributed by atoms with E-state index in [1.807, 2.05) is 41.8 Å². The molecule has 0 N–H and O–H groups in total. The second kappa shape index (κ2) is 13.7. The number of benzene rings is 7. The summed E-state index contributed by atoms with van der Waals surface area (Å²) in [5.41, 5.74) is 6.33. The zero-order valence-corrected chi connectivity index (χ0v) is 29.6. The fourth-order valence-electron chi connectivity index (χ4n) is 7.04. The van der Waals surface area contributed by atoms with E-state index in [-0.39, 0.29) is 0 Å². The van der Waals surface area contributed by atoms with Crippen LogP contribution in [-0.4, -0.2) is 6.29 Å². The third-order valence-corrected chi connectivity index (χ3v) is 11.1. The molecule has 0 radical (unpaired) electrons. The largest absolute Gasteiger partial charge is 0.310 e. The standard InChI is InChI=1S/C47H30N2OS2/c50-32-45-47-41-27-24-38(49(35-18-9-3-10-19-35)36-20-11-4-12-21-36)31-43(41)42-30-37(48(33-14-5-1-6-15-33)34-16-7-2-8-17-34)23-26-40(42)46(47)44(52-45)28-25-39-22-13-29-51-39/h1-24,26-27,29-32H. The highest BCUT2D eigenvalue weighted by Gasteiger charge is 2.22. The molecule has 0 fully saturated rings. The summed E-state index contributed by atoms with van der Waals surface area (Å²) in [7, 11) is 0. The van der Waals surface area contributed by atoms with Crippen molar-refractivity contribution < 1.29 is 4.79 Å². The van der Waals surface area contributed by atoms with E-state index in [2.05, 4.69) is 155 Å². The Morgan fingerprint density at radius 2 is 0.904 bits per heavy atom. The van der Waals surface area contributed by atoms with Gasteiger partial charge in [0.1, 0.15) is 0 Å². The van der Waals surface area contributed by atoms with Crippen molar-refractivity contribution in [3.05, 3.63) is 190 Å². The van der Waals surface area contributed by atoms with Gasteiger partial charge in [-0.2, -0.15) is 0 Å². The molecule has 0 unspecified atom stereocenters. The Hall–Kier alpha value is -6.45. The molecule has 0 aliphatic heterocycles. The fraction of sp³-hybridized carbons (Fsp3) is 0. The summed E-state index contributed by atoms with van der Waals surface area (Å²) in [5.74, 6) is 6.83. The van der Waals surface area contributed by atoms with Gasteiger partial charge in [-0.3, -0.25) is 4.79 Å². The molecule has 9 aromatic rings. The zero-order chi connectivity index (χ0) is 34.9. The summed E-state index contributed by atoms with van der Waals surface area (Å²) in [6.45, 7) is 0. The maximum absolute atomic E-state index is 12.8. The Labute approximate surface area is 310 Å². The van der Waals surface area contributed by atoms with Crippen molar-refractivity contribution in [1.82, 2.24) is 0 Å². The monoisotopic (exact) mass is 702 g/mol. The lowest BCUT2D eigenvalue weighted by atomic mass is 9.93. The molecule has 7 aromatic carbocycles. The number of aldehydes is 1. The molecule has 0 bridgehead atoms. The number of carbonyl (C=O) groups is 1. The number of fused-ring (bicyclic) bond motifs is 6. The third-order valence-electron chi connectivity index (χ3n) is 9.27. The first-order valence-corrected chi connectivity index (χ1v) is 18.7. The molecule has 52 heavy (non-hydrogen) atoms. The summed E-state index contributed by atoms with van der Waals surface area (Å²) in [5, 5.41) is 8.26. The van der Waals surface area contributed by atoms with Crippen LogP contribution in [0.25, 0.3) is 32.3 Å². The van der Waals surface area contributed by atoms with Crippen LogP contribution in [0.2, 0.25) is 0 Å². The molecule has 2 aromatic heterocycles. The van der Waals surface area contributed by atoms with Gasteiger partial charge < -0.3 is 9.80 Å². The van der Waals surface area contributed by atoms with Gasteiger partial charge in [-0.1, -0.05) is 91.0 Å². The molecule has 0 saturated carbocycles. The number of hydrogen-bond donors (Lipinski definition) is 0. The van der Waals surface area contributed by atoms with Gasteiger partial charge >= 0.3 is 0 Å². The van der Waals surface area contributed by atoms with Crippen molar-refractivity contribution in [1.29, 1.82) is 0 Å². The van der Waals surface area contributed by atoms with Crippen LogP contribution in [0.15, 0.2) is 175 Å². The minimum absolute atomic E-state index is 0.687. The summed E-state index contributed by atoms with van der Waals surface area (Å²) >= 11 is 3.09. The van der Waals surface area contributed by atoms with E-state index in [0.717, 1.165) is 82.5 Å². The highest BCUT2D eigenvalue weighted by Crippen LogP contribution is 2.46. The average Bonchev–Trinajstić information content (AvgIpc) is 3.87. The molecule has 5 heteroatoms. The normalized spacial score (nSPS) is 11.0. The molecule has 246 valence electrons. The summed E-state index contributed by atoms with van der Waals surface area (Å²) in [4.78, 5) is 20.0. The highest BCUT2D eigenvalue weighted by atomic mass is 32.1. The number of nitrogens with zero attached hydrogens (tertiary/aromatic N) is 2. The van der Waals surface area contributed by atoms with Gasteiger partial charge in [0.2, 0.25) is 0 Å². The second-order valence-electron chi connectivity index (χ2n) is 12.4. The van der Waals surface area contributed by atoms with E-state index >= 15 is 0 Å². The minimum Gasteiger partial charge on any atom is -0.310 e. The maximum Gasteiger partial charge on any atom is 0.160 e. The number of carbonyl (C=O) groups excluding carboxylic acids is 1. The van der Waals surface area contributed by atoms with Gasteiger partial charge in [-0.05, 0) is 118 Å². The molecule has 0 saturated heterocycles. The summed E-state index contributed by atoms with van der Waals surface area (Å²) < 4.78 is 0. The fourth-order valence-corrected chi connectivity index (χ4v) is 8.61. The third kappa shape index (κ3) is 5.71. The molecule has 2 heterocycles. The quantitative estimate of drug-likeness (QED) is 0.0938. The van der Waals surface area contributed by atoms with E-state index in [1.54, 1.807) is 11.3 Å². The molecule has 0 spiro atoms. The first-order chi connectivity index (χ1) is 25.8. The molecule has 0 aliphatic rings. The van der Waals surface area contributed by atoms with Crippen molar-refractivity contribution in [3.63, 3.8) is 0 Å². The minimum atomic E-state index is 0.687. The lowest BCUT2D eigenvalue weighted by Crippen LogP contribution is -2.10. The lowest BCUT2D eigenvalue weighted by molar-refractivity contribution is 0.112. The smallest absolute Gasteiger partial charge is 0.160 e. The van der Waals surface area contributed by atoms with Crippen LogP contribution in [0.1, 0.15) is 19.4 Å². The van der Waals surface area contributed by atoms with Crippen molar-refractivity contribution in [2.75, 3.05) is 9.80 Å². The Morgan fingerprint density at radius 1 is 0.442 bits per heavy atom. The topological polar surface area (TPSA) is 23.6 Å². The zero-order valence-electron chi connectivity index (χ0n) is 27.9. The predicted octanol–water partition coefficient (Wildman–Crippen LogP) is 13.4. The van der Waals surface area contributed by atoms with Crippen LogP contribution in [0.5, 0.6) is 0 Å². The molecular weight excluding hydrogens is 673 g/mol. The van der Waals surface area contributed by atoms with Crippen LogP contribution >= 0.6 is 22.7 Å². The number of rotatable bonds is 7. The lowest BCUT2D eigenvalue weighted by Gasteiger charge is -2.27. The van der Waals surface area contributed by atoms with E-state index in [9.17, 15) is 4.79 Å². The predicted molar refractivity (Wildman–Crippen MR) is 222 cm³/mol. The van der Waals surface area contributed by atoms with Gasteiger partial charge in [-0.15, -0.1) is 22.7 Å². The average molecular weight is 703 g/mol. The molecule has 3 nitrogen and oxygen atoms in total. The van der Waals surface area contributed by atoms with Crippen LogP contribution < -0.4 is 9.80 Å². The number of thiophene rings is 2. The molecule has 9 rings (SSSR count). The van der Waals surface area contributed by atoms with E-state index in [4.69, 9.17) is 0 Å². The Balaban J connectivity index is 1.37. The maximum atomic E-state index is 12.8. The Kier molecular flexibility index (Phi) is 8.30. The van der Waals surface area contributed by atoms with Crippen LogP contribution in [-0.2, 0) is 0 Å². The SMILES string of the molecule is O=Cc1sc(C#Cc2cccs2)c2c3ccc(N(c4ccccc4)c4ccccc4)cc3c3cc(N(c4ccccc4)c4ccccc4)ccc3c12. The molecular formula is C47H30N2OS2. The Bertz CT molecular complexity index is 2670. The van der Waals surface area contributed by atoms with E-state index in [0.29, 0.717) is 4.88 Å². The van der Waals surface area contributed by atoms with Crippen molar-refractivity contribution in [2.24, 2.45) is 0 Å². The van der Waals surface area contributed by atoms with Gasteiger partial charge in [0.25, 0.3) is 0 Å². The van der Waals surface area contributed by atoms with Crippen LogP contribution in [0.4, 0.5) is 34.1 Å². The molecule has 0 aliphatic carbocycles. The first-order valence-electron chi connectivity index (χ1n) is 17.0. The summed E-state index contributed by atoms with van der Waals surface area (Å²) in [6, 6.07) is 59.2. The van der Waals surface area contributed by atoms with Crippen molar-refractivity contribution >= 4 is 95.4 Å². The van der Waals surface area contributed by atoms with Crippen LogP contribution in [0.3, 0.4) is 0 Å². The highest BCUT2D eigenvalue weighted by molar-refractivity contribution is 7.16. The van der Waals surface area contributed by atoms with E-state index < -0.39 is 0 Å². The summed E-state index contributed by atoms with van der Waals surface area (Å²) in [6.07, 6.45) is 0.990. The van der Waals surface area contributed by atoms with E-state index in [1.165, 1.54) is 11.3 Å².